The van der Waals surface area contributed by atoms with Gasteiger partial charge in [0.25, 0.3) is 0 Å². The molecule has 0 bridgehead atoms. The maximum absolute atomic E-state index is 12.9. The van der Waals surface area contributed by atoms with Gasteiger partial charge in [-0.25, -0.2) is 4.18 Å². The lowest BCUT2D eigenvalue weighted by atomic mass is 9.99. The summed E-state index contributed by atoms with van der Waals surface area (Å²) in [5.41, 5.74) is 0. The molecule has 6 unspecified atom stereocenters. The molecule has 0 aromatic carbocycles. The van der Waals surface area contributed by atoms with Crippen molar-refractivity contribution in [3.63, 3.8) is 0 Å². The number of rotatable bonds is 44. The van der Waals surface area contributed by atoms with Crippen LogP contribution < -0.4 is 0 Å². The van der Waals surface area contributed by atoms with Crippen molar-refractivity contribution in [2.75, 3.05) is 26.4 Å². The van der Waals surface area contributed by atoms with Gasteiger partial charge < -0.3 is 34.3 Å². The smallest absolute Gasteiger partial charge is 0.397 e. The standard InChI is InChI=1S/C54H92O12S/c1-3-5-7-9-11-13-15-17-19-20-21-22-23-24-25-26-27-28-29-30-32-34-36-38-40-42-44-62-46-48(47-63-54-52(58)53(66-67(59,60)61)51(57)49(45-55)65-54)64-50(56)43-41-39-37-35-33-31-18-16-14-12-10-8-6-4-2/h5,7,11,13,17,19,21-22,24-25,27-28,30,32,48-49,51-55,57-58H,3-4,6,8-10,12,14-16,18,20,23,26,29,31,33-47H2,1-2H3,(H,59,60,61)/b7-5-,13-11-,19-17-,22-21-,25-24-,28-27-,32-30-. The molecule has 1 rings (SSSR count). The maximum atomic E-state index is 12.9. The second-order valence-corrected chi connectivity index (χ2v) is 18.4. The molecule has 13 heteroatoms. The predicted molar refractivity (Wildman–Crippen MR) is 271 cm³/mol. The summed E-state index contributed by atoms with van der Waals surface area (Å²) in [4.78, 5) is 12.9. The molecule has 1 aliphatic heterocycles. The van der Waals surface area contributed by atoms with E-state index in [1.165, 1.54) is 64.2 Å². The molecular weight excluding hydrogens is 873 g/mol. The molecule has 1 saturated heterocycles. The van der Waals surface area contributed by atoms with Gasteiger partial charge in [0.1, 0.15) is 30.5 Å². The van der Waals surface area contributed by atoms with Crippen LogP contribution >= 0.6 is 0 Å². The van der Waals surface area contributed by atoms with E-state index in [0.29, 0.717) is 13.0 Å². The van der Waals surface area contributed by atoms with Gasteiger partial charge in [0.05, 0.1) is 19.8 Å². The second-order valence-electron chi connectivity index (χ2n) is 17.4. The third-order valence-corrected chi connectivity index (χ3v) is 11.7. The number of allylic oxidation sites excluding steroid dienone is 14. The number of unbranched alkanes of at least 4 members (excludes halogenated alkanes) is 17. The molecule has 4 N–H and O–H groups in total. The van der Waals surface area contributed by atoms with E-state index in [-0.39, 0.29) is 19.6 Å². The summed E-state index contributed by atoms with van der Waals surface area (Å²) in [5, 5.41) is 30.7. The highest BCUT2D eigenvalue weighted by Gasteiger charge is 2.48. The first-order valence-corrected chi connectivity index (χ1v) is 27.2. The number of aliphatic hydroxyl groups is 3. The first kappa shape index (κ1) is 62.3. The average Bonchev–Trinajstić information content (AvgIpc) is 3.30. The fourth-order valence-electron chi connectivity index (χ4n) is 7.42. The van der Waals surface area contributed by atoms with E-state index in [4.69, 9.17) is 18.9 Å². The molecule has 386 valence electrons. The summed E-state index contributed by atoms with van der Waals surface area (Å²) in [5.74, 6) is -0.411. The number of ether oxygens (including phenoxy) is 4. The number of hydrogen-bond acceptors (Lipinski definition) is 11. The summed E-state index contributed by atoms with van der Waals surface area (Å²) >= 11 is 0. The lowest BCUT2D eigenvalue weighted by Crippen LogP contribution is -2.60. The van der Waals surface area contributed by atoms with Crippen LogP contribution in [0.2, 0.25) is 0 Å². The lowest BCUT2D eigenvalue weighted by molar-refractivity contribution is -0.301. The van der Waals surface area contributed by atoms with Gasteiger partial charge in [0.2, 0.25) is 0 Å². The maximum Gasteiger partial charge on any atom is 0.397 e. The van der Waals surface area contributed by atoms with Gasteiger partial charge in [0, 0.05) is 13.0 Å². The van der Waals surface area contributed by atoms with Crippen LogP contribution in [-0.2, 0) is 38.3 Å². The van der Waals surface area contributed by atoms with Crippen LogP contribution in [0.15, 0.2) is 85.1 Å². The fraction of sp³-hybridized carbons (Fsp3) is 0.722. The van der Waals surface area contributed by atoms with Crippen molar-refractivity contribution in [3.05, 3.63) is 85.1 Å². The number of esters is 1. The van der Waals surface area contributed by atoms with Crippen molar-refractivity contribution in [1.29, 1.82) is 0 Å². The Morgan fingerprint density at radius 1 is 0.582 bits per heavy atom. The SMILES string of the molecule is CC/C=C\C/C=C\C/C=C\C/C=C\C/C=C\C/C=C\C/C=C\CCCCCCOCC(COC1OC(CO)C(O)C(OS(=O)(=O)O)C1O)OC(=O)CCCCCCCCCCCCCCCC. The number of hydrogen-bond donors (Lipinski definition) is 4. The average molecular weight is 965 g/mol. The van der Waals surface area contributed by atoms with E-state index in [0.717, 1.165) is 96.3 Å². The van der Waals surface area contributed by atoms with Crippen molar-refractivity contribution >= 4 is 16.4 Å². The van der Waals surface area contributed by atoms with Crippen LogP contribution in [0.3, 0.4) is 0 Å². The van der Waals surface area contributed by atoms with Crippen molar-refractivity contribution in [2.24, 2.45) is 0 Å². The molecule has 1 heterocycles. The van der Waals surface area contributed by atoms with Crippen molar-refractivity contribution in [2.45, 2.75) is 224 Å². The lowest BCUT2D eigenvalue weighted by Gasteiger charge is -2.41. The molecule has 0 spiro atoms. The molecule has 0 amide bonds. The summed E-state index contributed by atoms with van der Waals surface area (Å²) < 4.78 is 59.2. The third kappa shape index (κ3) is 37.8. The van der Waals surface area contributed by atoms with E-state index in [1.54, 1.807) is 0 Å². The van der Waals surface area contributed by atoms with Gasteiger partial charge in [-0.1, -0.05) is 195 Å². The first-order valence-electron chi connectivity index (χ1n) is 25.8. The predicted octanol–water partition coefficient (Wildman–Crippen LogP) is 12.0. The Balaban J connectivity index is 2.37. The molecule has 0 aromatic rings. The molecule has 0 aliphatic carbocycles. The molecule has 1 aliphatic rings. The highest BCUT2D eigenvalue weighted by Crippen LogP contribution is 2.26. The zero-order valence-electron chi connectivity index (χ0n) is 41.4. The van der Waals surface area contributed by atoms with Gasteiger partial charge in [-0.2, -0.15) is 8.42 Å². The summed E-state index contributed by atoms with van der Waals surface area (Å²) in [7, 11) is -5.07. The zero-order valence-corrected chi connectivity index (χ0v) is 42.2. The van der Waals surface area contributed by atoms with Crippen LogP contribution in [0, 0.1) is 0 Å². The third-order valence-electron chi connectivity index (χ3n) is 11.3. The van der Waals surface area contributed by atoms with E-state index in [9.17, 15) is 33.1 Å². The van der Waals surface area contributed by atoms with Gasteiger partial charge in [-0.15, -0.1) is 0 Å². The number of carbonyl (C=O) groups excluding carboxylic acids is 1. The van der Waals surface area contributed by atoms with E-state index in [1.807, 2.05) is 0 Å². The molecule has 0 saturated carbocycles. The van der Waals surface area contributed by atoms with Gasteiger partial charge in [0.15, 0.2) is 6.29 Å². The van der Waals surface area contributed by atoms with Crippen molar-refractivity contribution in [3.8, 4) is 0 Å². The Kier molecular flexibility index (Phi) is 41.4. The largest absolute Gasteiger partial charge is 0.457 e. The van der Waals surface area contributed by atoms with Crippen LogP contribution in [0.4, 0.5) is 0 Å². The van der Waals surface area contributed by atoms with Crippen LogP contribution in [0.5, 0.6) is 0 Å². The Labute approximate surface area is 406 Å². The minimum atomic E-state index is -5.07. The molecule has 67 heavy (non-hydrogen) atoms. The van der Waals surface area contributed by atoms with Gasteiger partial charge in [-0.3, -0.25) is 9.35 Å². The fourth-order valence-corrected chi connectivity index (χ4v) is 7.93. The first-order chi connectivity index (χ1) is 32.6. The van der Waals surface area contributed by atoms with Gasteiger partial charge >= 0.3 is 16.4 Å². The molecule has 1 fully saturated rings. The van der Waals surface area contributed by atoms with Crippen LogP contribution in [0.25, 0.3) is 0 Å². The minimum absolute atomic E-state index is 0.0155. The van der Waals surface area contributed by atoms with Crippen molar-refractivity contribution < 1.29 is 56.2 Å². The molecular formula is C54H92O12S. The van der Waals surface area contributed by atoms with E-state index < -0.39 is 59.8 Å². The Bertz CT molecular complexity index is 1490. The Hall–Kier alpha value is -2.72. The van der Waals surface area contributed by atoms with Crippen molar-refractivity contribution in [1.82, 2.24) is 0 Å². The number of carbonyl (C=O) groups is 1. The second kappa shape index (κ2) is 44.5. The molecule has 0 aromatic heterocycles. The normalized spacial score (nSPS) is 20.1. The van der Waals surface area contributed by atoms with Crippen LogP contribution in [0.1, 0.15) is 187 Å². The Morgan fingerprint density at radius 2 is 1.03 bits per heavy atom. The topological polar surface area (TPSA) is 178 Å². The minimum Gasteiger partial charge on any atom is -0.457 e. The van der Waals surface area contributed by atoms with E-state index in [2.05, 4.69) is 103 Å². The zero-order chi connectivity index (χ0) is 48.9. The molecule has 0 radical (unpaired) electrons. The molecule has 12 nitrogen and oxygen atoms in total. The molecule has 6 atom stereocenters. The quantitative estimate of drug-likeness (QED) is 0.0197. The van der Waals surface area contributed by atoms with Crippen LogP contribution in [-0.4, -0.2) is 97.5 Å². The Morgan fingerprint density at radius 3 is 1.51 bits per heavy atom. The monoisotopic (exact) mass is 965 g/mol. The highest BCUT2D eigenvalue weighted by molar-refractivity contribution is 7.80. The summed E-state index contributed by atoms with van der Waals surface area (Å²) in [6, 6.07) is 0. The number of aliphatic hydroxyl groups excluding tert-OH is 3. The summed E-state index contributed by atoms with van der Waals surface area (Å²) in [6.45, 7) is 3.81. The van der Waals surface area contributed by atoms with E-state index >= 15 is 0 Å². The van der Waals surface area contributed by atoms with Gasteiger partial charge in [-0.05, 0) is 70.6 Å². The highest BCUT2D eigenvalue weighted by atomic mass is 32.3. The summed E-state index contributed by atoms with van der Waals surface area (Å²) in [6.07, 6.45) is 50.4.